The van der Waals surface area contributed by atoms with Crippen molar-refractivity contribution in [2.75, 3.05) is 5.32 Å². The van der Waals surface area contributed by atoms with Gasteiger partial charge in [-0.15, -0.1) is 0 Å². The number of benzene rings is 1. The van der Waals surface area contributed by atoms with Gasteiger partial charge in [-0.3, -0.25) is 0 Å². The number of halogens is 1. The Kier molecular flexibility index (Phi) is 3.34. The molecule has 1 aromatic heterocycles. The quantitative estimate of drug-likeness (QED) is 0.814. The molecule has 0 amide bonds. The number of nitrogens with two attached hydrogens (primary N) is 1. The lowest BCUT2D eigenvalue weighted by atomic mass is 10.2. The second-order valence-corrected chi connectivity index (χ2v) is 3.83. The van der Waals surface area contributed by atoms with Gasteiger partial charge in [0.05, 0.1) is 18.4 Å². The van der Waals surface area contributed by atoms with Gasteiger partial charge in [-0.25, -0.2) is 4.39 Å². The van der Waals surface area contributed by atoms with Crippen molar-refractivity contribution in [3.63, 3.8) is 0 Å². The summed E-state index contributed by atoms with van der Waals surface area (Å²) in [5.74, 6) is 0.220. The Morgan fingerprint density at radius 1 is 1.47 bits per heavy atom. The van der Waals surface area contributed by atoms with Gasteiger partial charge in [0.2, 0.25) is 0 Å². The number of hydrogen-bond donors (Lipinski definition) is 2. The van der Waals surface area contributed by atoms with Crippen molar-refractivity contribution >= 4 is 22.9 Å². The highest BCUT2D eigenvalue weighted by Gasteiger charge is 2.05. The minimum absolute atomic E-state index is 0.172. The predicted molar refractivity (Wildman–Crippen MR) is 66.1 cm³/mol. The number of aromatic nitrogens is 1. The van der Waals surface area contributed by atoms with Gasteiger partial charge in [0.1, 0.15) is 10.8 Å². The first kappa shape index (κ1) is 11.5. The maximum Gasteiger partial charge on any atom is 0.155 e. The van der Waals surface area contributed by atoms with E-state index in [1.54, 1.807) is 18.2 Å². The molecule has 1 aromatic carbocycles. The van der Waals surface area contributed by atoms with E-state index < -0.39 is 5.82 Å². The summed E-state index contributed by atoms with van der Waals surface area (Å²) in [6.45, 7) is 0.364. The maximum atomic E-state index is 13.6. The van der Waals surface area contributed by atoms with Gasteiger partial charge in [0, 0.05) is 11.6 Å². The van der Waals surface area contributed by atoms with Crippen molar-refractivity contribution in [2.24, 2.45) is 5.73 Å². The Bertz CT molecular complexity index is 528. The van der Waals surface area contributed by atoms with Crippen LogP contribution in [-0.4, -0.2) is 10.1 Å². The van der Waals surface area contributed by atoms with Crippen LogP contribution in [0.1, 0.15) is 11.3 Å². The lowest BCUT2D eigenvalue weighted by Gasteiger charge is -2.06. The number of anilines is 1. The molecule has 88 valence electrons. The second kappa shape index (κ2) is 4.92. The van der Waals surface area contributed by atoms with Crippen LogP contribution in [0.3, 0.4) is 0 Å². The topological polar surface area (TPSA) is 64.1 Å². The molecule has 0 aliphatic rings. The van der Waals surface area contributed by atoms with Crippen LogP contribution < -0.4 is 11.1 Å². The lowest BCUT2D eigenvalue weighted by molar-refractivity contribution is 0.388. The monoisotopic (exact) mass is 251 g/mol. The van der Waals surface area contributed by atoms with Crippen molar-refractivity contribution < 1.29 is 8.91 Å². The Balaban J connectivity index is 2.09. The van der Waals surface area contributed by atoms with E-state index >= 15 is 0 Å². The van der Waals surface area contributed by atoms with Gasteiger partial charge >= 0.3 is 0 Å². The van der Waals surface area contributed by atoms with Gasteiger partial charge in [-0.1, -0.05) is 17.4 Å². The van der Waals surface area contributed by atoms with E-state index in [9.17, 15) is 4.39 Å². The zero-order chi connectivity index (χ0) is 12.3. The minimum atomic E-state index is -0.408. The average molecular weight is 251 g/mol. The van der Waals surface area contributed by atoms with Crippen molar-refractivity contribution in [2.45, 2.75) is 6.54 Å². The first-order valence-corrected chi connectivity index (χ1v) is 5.30. The summed E-state index contributed by atoms with van der Waals surface area (Å²) in [4.78, 5) is 0.172. The Morgan fingerprint density at radius 3 is 2.88 bits per heavy atom. The highest BCUT2D eigenvalue weighted by molar-refractivity contribution is 7.80. The molecule has 0 spiro atoms. The van der Waals surface area contributed by atoms with E-state index in [0.717, 1.165) is 0 Å². The van der Waals surface area contributed by atoms with Crippen molar-refractivity contribution in [3.8, 4) is 0 Å². The lowest BCUT2D eigenvalue weighted by Crippen LogP contribution is -2.10. The van der Waals surface area contributed by atoms with E-state index in [4.69, 9.17) is 22.5 Å². The first-order chi connectivity index (χ1) is 8.16. The minimum Gasteiger partial charge on any atom is -0.389 e. The number of thiocarbonyl (C=S) groups is 1. The molecule has 0 unspecified atom stereocenters. The normalized spacial score (nSPS) is 10.2. The van der Waals surface area contributed by atoms with E-state index in [-0.39, 0.29) is 4.99 Å². The van der Waals surface area contributed by atoms with E-state index in [1.807, 2.05) is 0 Å². The SMILES string of the molecule is NC(=S)c1ccc(NCc2ccno2)c(F)c1. The molecule has 0 atom stereocenters. The molecule has 2 rings (SSSR count). The third kappa shape index (κ3) is 2.79. The van der Waals surface area contributed by atoms with E-state index in [2.05, 4.69) is 10.5 Å². The molecule has 2 aromatic rings. The summed E-state index contributed by atoms with van der Waals surface area (Å²) in [6, 6.07) is 6.24. The largest absolute Gasteiger partial charge is 0.389 e. The molecule has 0 bridgehead atoms. The summed E-state index contributed by atoms with van der Waals surface area (Å²) in [6.07, 6.45) is 1.53. The average Bonchev–Trinajstić information content (AvgIpc) is 2.80. The number of nitrogens with one attached hydrogen (secondary N) is 1. The second-order valence-electron chi connectivity index (χ2n) is 3.39. The first-order valence-electron chi connectivity index (χ1n) is 4.89. The fourth-order valence-electron chi connectivity index (χ4n) is 1.33. The number of nitrogens with zero attached hydrogens (tertiary/aromatic N) is 1. The smallest absolute Gasteiger partial charge is 0.155 e. The standard InChI is InChI=1S/C11H10FN3OS/c12-9-5-7(11(13)17)1-2-10(9)14-6-8-3-4-15-16-8/h1-5,14H,6H2,(H2,13,17). The van der Waals surface area contributed by atoms with Crippen molar-refractivity contribution in [1.82, 2.24) is 5.16 Å². The molecule has 0 radical (unpaired) electrons. The summed E-state index contributed by atoms with van der Waals surface area (Å²) in [7, 11) is 0. The van der Waals surface area contributed by atoms with E-state index in [0.29, 0.717) is 23.6 Å². The molecule has 0 saturated carbocycles. The van der Waals surface area contributed by atoms with E-state index in [1.165, 1.54) is 12.3 Å². The molecule has 0 saturated heterocycles. The van der Waals surface area contributed by atoms with Crippen LogP contribution in [0.25, 0.3) is 0 Å². The van der Waals surface area contributed by atoms with Crippen LogP contribution in [0.4, 0.5) is 10.1 Å². The van der Waals surface area contributed by atoms with Crippen LogP contribution in [0.5, 0.6) is 0 Å². The van der Waals surface area contributed by atoms with Crippen LogP contribution in [0.2, 0.25) is 0 Å². The van der Waals surface area contributed by atoms with Crippen LogP contribution >= 0.6 is 12.2 Å². The number of hydrogen-bond acceptors (Lipinski definition) is 4. The predicted octanol–water partition coefficient (Wildman–Crippen LogP) is 2.06. The van der Waals surface area contributed by atoms with Gasteiger partial charge in [-0.2, -0.15) is 0 Å². The molecule has 0 fully saturated rings. The molecule has 0 aliphatic carbocycles. The number of rotatable bonds is 4. The zero-order valence-corrected chi connectivity index (χ0v) is 9.63. The highest BCUT2D eigenvalue weighted by atomic mass is 32.1. The van der Waals surface area contributed by atoms with Gasteiger partial charge in [0.15, 0.2) is 5.76 Å². The van der Waals surface area contributed by atoms with Gasteiger partial charge < -0.3 is 15.6 Å². The summed E-state index contributed by atoms with van der Waals surface area (Å²) in [5.41, 5.74) is 6.27. The molecular formula is C11H10FN3OS. The molecular weight excluding hydrogens is 241 g/mol. The zero-order valence-electron chi connectivity index (χ0n) is 8.81. The Morgan fingerprint density at radius 2 is 2.29 bits per heavy atom. The van der Waals surface area contributed by atoms with Crippen molar-refractivity contribution in [1.29, 1.82) is 0 Å². The summed E-state index contributed by atoms with van der Waals surface area (Å²) < 4.78 is 18.5. The van der Waals surface area contributed by atoms with Crippen LogP contribution in [0.15, 0.2) is 35.0 Å². The van der Waals surface area contributed by atoms with Crippen molar-refractivity contribution in [3.05, 3.63) is 47.6 Å². The molecule has 0 aliphatic heterocycles. The third-order valence-electron chi connectivity index (χ3n) is 2.20. The highest BCUT2D eigenvalue weighted by Crippen LogP contribution is 2.16. The Labute approximate surface area is 103 Å². The fourth-order valence-corrected chi connectivity index (χ4v) is 1.45. The molecule has 17 heavy (non-hydrogen) atoms. The molecule has 4 nitrogen and oxygen atoms in total. The van der Waals surface area contributed by atoms with Gasteiger partial charge in [-0.05, 0) is 18.2 Å². The molecule has 1 heterocycles. The Hall–Kier alpha value is -1.95. The molecule has 6 heteroatoms. The van der Waals surface area contributed by atoms with Crippen LogP contribution in [-0.2, 0) is 6.54 Å². The van der Waals surface area contributed by atoms with Crippen LogP contribution in [0, 0.1) is 5.82 Å². The van der Waals surface area contributed by atoms with Gasteiger partial charge in [0.25, 0.3) is 0 Å². The maximum absolute atomic E-state index is 13.6. The summed E-state index contributed by atoms with van der Waals surface area (Å²) in [5, 5.41) is 6.44. The molecule has 3 N–H and O–H groups in total. The summed E-state index contributed by atoms with van der Waals surface area (Å²) >= 11 is 4.76. The fraction of sp³-hybridized carbons (Fsp3) is 0.0909. The third-order valence-corrected chi connectivity index (χ3v) is 2.43.